The number of halogens is 3. The number of para-hydroxylation sites is 1. The lowest BCUT2D eigenvalue weighted by Crippen LogP contribution is -2.45. The molecule has 2 N–H and O–H groups in total. The first-order valence-corrected chi connectivity index (χ1v) is 10.7. The number of nitrogens with zero attached hydrogens (tertiary/aromatic N) is 5. The van der Waals surface area contributed by atoms with Gasteiger partial charge in [-0.3, -0.25) is 4.99 Å². The van der Waals surface area contributed by atoms with E-state index in [1.54, 1.807) is 11.9 Å². The van der Waals surface area contributed by atoms with Gasteiger partial charge in [0.2, 0.25) is 0 Å². The quantitative estimate of drug-likeness (QED) is 0.344. The van der Waals surface area contributed by atoms with Crippen molar-refractivity contribution in [2.45, 2.75) is 51.1 Å². The minimum Gasteiger partial charge on any atom is -0.365 e. The van der Waals surface area contributed by atoms with E-state index < -0.39 is 11.6 Å². The van der Waals surface area contributed by atoms with Crippen molar-refractivity contribution >= 4 is 35.6 Å². The van der Waals surface area contributed by atoms with Gasteiger partial charge in [0.15, 0.2) is 5.96 Å². The number of nitrogens with one attached hydrogen (secondary N) is 2. The third kappa shape index (κ3) is 5.64. The van der Waals surface area contributed by atoms with E-state index in [0.29, 0.717) is 25.6 Å². The number of benzene rings is 1. The zero-order chi connectivity index (χ0) is 20.9. The van der Waals surface area contributed by atoms with Gasteiger partial charge in [-0.15, -0.1) is 34.2 Å². The van der Waals surface area contributed by atoms with Crippen LogP contribution in [0.1, 0.15) is 37.3 Å². The summed E-state index contributed by atoms with van der Waals surface area (Å²) in [6.45, 7) is 2.81. The van der Waals surface area contributed by atoms with E-state index in [1.165, 1.54) is 37.5 Å². The highest BCUT2D eigenvalue weighted by Gasteiger charge is 2.27. The fraction of sp³-hybridized carbons (Fsp3) is 0.571. The van der Waals surface area contributed by atoms with Gasteiger partial charge in [-0.25, -0.2) is 8.78 Å². The van der Waals surface area contributed by atoms with Crippen LogP contribution >= 0.6 is 24.0 Å². The van der Waals surface area contributed by atoms with Gasteiger partial charge in [-0.05, 0) is 31.4 Å². The van der Waals surface area contributed by atoms with Gasteiger partial charge in [0.25, 0.3) is 0 Å². The fourth-order valence-corrected chi connectivity index (χ4v) is 4.28. The molecular formula is C21H30F2IN7. The molecule has 10 heteroatoms. The minimum atomic E-state index is -0.523. The lowest BCUT2D eigenvalue weighted by atomic mass is 10.2. The molecule has 4 rings (SSSR count). The molecule has 1 atom stereocenters. The summed E-state index contributed by atoms with van der Waals surface area (Å²) in [6, 6.07) is 4.05. The molecule has 1 fully saturated rings. The molecule has 2 aliphatic rings. The van der Waals surface area contributed by atoms with E-state index in [-0.39, 0.29) is 35.7 Å². The number of guanidine groups is 1. The van der Waals surface area contributed by atoms with E-state index in [1.807, 2.05) is 0 Å². The molecule has 0 aliphatic carbocycles. The Labute approximate surface area is 198 Å². The molecule has 0 radical (unpaired) electrons. The van der Waals surface area contributed by atoms with Crippen LogP contribution in [0.15, 0.2) is 23.2 Å². The summed E-state index contributed by atoms with van der Waals surface area (Å²) in [4.78, 5) is 6.04. The molecule has 31 heavy (non-hydrogen) atoms. The molecule has 1 unspecified atom stereocenters. The van der Waals surface area contributed by atoms with Crippen molar-refractivity contribution in [3.05, 3.63) is 41.5 Å². The maximum atomic E-state index is 14.1. The van der Waals surface area contributed by atoms with Crippen LogP contribution in [0.25, 0.3) is 0 Å². The molecule has 1 saturated heterocycles. The third-order valence-electron chi connectivity index (χ3n) is 5.83. The summed E-state index contributed by atoms with van der Waals surface area (Å²) < 4.78 is 30.4. The summed E-state index contributed by atoms with van der Waals surface area (Å²) in [6.07, 6.45) is 6.16. The van der Waals surface area contributed by atoms with Crippen LogP contribution < -0.4 is 15.5 Å². The number of aromatic nitrogens is 3. The summed E-state index contributed by atoms with van der Waals surface area (Å²) in [7, 11) is 1.72. The molecule has 7 nitrogen and oxygen atoms in total. The van der Waals surface area contributed by atoms with E-state index in [0.717, 1.165) is 37.5 Å². The Morgan fingerprint density at radius 3 is 2.74 bits per heavy atom. The molecule has 0 bridgehead atoms. The van der Waals surface area contributed by atoms with Crippen LogP contribution in [0.5, 0.6) is 0 Å². The molecule has 170 valence electrons. The van der Waals surface area contributed by atoms with E-state index in [9.17, 15) is 8.78 Å². The van der Waals surface area contributed by atoms with E-state index >= 15 is 0 Å². The van der Waals surface area contributed by atoms with Gasteiger partial charge in [0.05, 0.1) is 0 Å². The molecule has 2 aliphatic heterocycles. The first-order chi connectivity index (χ1) is 14.7. The van der Waals surface area contributed by atoms with Crippen LogP contribution in [0.2, 0.25) is 0 Å². The zero-order valence-corrected chi connectivity index (χ0v) is 20.1. The number of anilines is 1. The highest BCUT2D eigenvalue weighted by atomic mass is 127. The second-order valence-corrected chi connectivity index (χ2v) is 7.89. The van der Waals surface area contributed by atoms with Crippen LogP contribution in [0.3, 0.4) is 0 Å². The maximum Gasteiger partial charge on any atom is 0.191 e. The van der Waals surface area contributed by atoms with Crippen molar-refractivity contribution in [1.29, 1.82) is 0 Å². The second-order valence-electron chi connectivity index (χ2n) is 7.89. The van der Waals surface area contributed by atoms with Crippen LogP contribution in [0, 0.1) is 11.6 Å². The normalized spacial score (nSPS) is 18.9. The predicted molar refractivity (Wildman–Crippen MR) is 128 cm³/mol. The summed E-state index contributed by atoms with van der Waals surface area (Å²) in [5, 5.41) is 15.4. The topological polar surface area (TPSA) is 70.4 Å². The van der Waals surface area contributed by atoms with E-state index in [2.05, 4.69) is 30.4 Å². The second kappa shape index (κ2) is 11.1. The van der Waals surface area contributed by atoms with Gasteiger partial charge in [-0.1, -0.05) is 12.5 Å². The van der Waals surface area contributed by atoms with Crippen LogP contribution in [-0.4, -0.2) is 53.4 Å². The van der Waals surface area contributed by atoms with Gasteiger partial charge < -0.3 is 20.1 Å². The Balaban J connectivity index is 0.00000272. The van der Waals surface area contributed by atoms with Crippen molar-refractivity contribution in [2.24, 2.45) is 4.99 Å². The standard InChI is InChI=1S/C21H29F2N7.HI/c1-24-21(25-11-9-19-28-27-18-8-3-2-4-12-30(18)19)26-15-10-13-29(14-15)20-16(22)6-5-7-17(20)23;/h5-7,15H,2-4,8-14H2,1H3,(H2,24,25,26);1H. The van der Waals surface area contributed by atoms with Crippen LogP contribution in [-0.2, 0) is 19.4 Å². The first-order valence-electron chi connectivity index (χ1n) is 10.7. The van der Waals surface area contributed by atoms with Crippen molar-refractivity contribution < 1.29 is 8.78 Å². The smallest absolute Gasteiger partial charge is 0.191 e. The van der Waals surface area contributed by atoms with Gasteiger partial charge in [-0.2, -0.15) is 0 Å². The zero-order valence-electron chi connectivity index (χ0n) is 17.8. The average molecular weight is 545 g/mol. The lowest BCUT2D eigenvalue weighted by molar-refractivity contribution is 0.575. The molecule has 1 aromatic carbocycles. The third-order valence-corrected chi connectivity index (χ3v) is 5.83. The molecule has 3 heterocycles. The van der Waals surface area contributed by atoms with Crippen molar-refractivity contribution in [1.82, 2.24) is 25.4 Å². The van der Waals surface area contributed by atoms with Crippen molar-refractivity contribution in [3.8, 4) is 0 Å². The van der Waals surface area contributed by atoms with Gasteiger partial charge >= 0.3 is 0 Å². The Morgan fingerprint density at radius 2 is 1.97 bits per heavy atom. The van der Waals surface area contributed by atoms with E-state index in [4.69, 9.17) is 0 Å². The average Bonchev–Trinajstić information content (AvgIpc) is 3.27. The molecule has 2 aromatic rings. The Kier molecular flexibility index (Phi) is 8.44. The molecule has 0 saturated carbocycles. The number of fused-ring (bicyclic) bond motifs is 1. The monoisotopic (exact) mass is 545 g/mol. The minimum absolute atomic E-state index is 0. The summed E-state index contributed by atoms with van der Waals surface area (Å²) in [5.41, 5.74) is 0.0530. The summed E-state index contributed by atoms with van der Waals surface area (Å²) in [5.74, 6) is 1.75. The van der Waals surface area contributed by atoms with Gasteiger partial charge in [0, 0.05) is 52.1 Å². The van der Waals surface area contributed by atoms with Crippen molar-refractivity contribution in [2.75, 3.05) is 31.6 Å². The molecule has 1 aromatic heterocycles. The first kappa shape index (κ1) is 23.7. The Morgan fingerprint density at radius 1 is 1.16 bits per heavy atom. The summed E-state index contributed by atoms with van der Waals surface area (Å²) >= 11 is 0. The molecule has 0 spiro atoms. The highest BCUT2D eigenvalue weighted by Crippen LogP contribution is 2.26. The largest absolute Gasteiger partial charge is 0.365 e. The van der Waals surface area contributed by atoms with Crippen LogP contribution in [0.4, 0.5) is 14.5 Å². The Bertz CT molecular complexity index is 882. The molecule has 0 amide bonds. The van der Waals surface area contributed by atoms with Gasteiger partial charge in [0.1, 0.15) is 29.0 Å². The van der Waals surface area contributed by atoms with Crippen molar-refractivity contribution in [3.63, 3.8) is 0 Å². The molecular weight excluding hydrogens is 515 g/mol. The number of aliphatic imine (C=N–C) groups is 1. The maximum absolute atomic E-state index is 14.1. The number of hydrogen-bond donors (Lipinski definition) is 2. The highest BCUT2D eigenvalue weighted by molar-refractivity contribution is 14.0. The number of rotatable bonds is 5. The number of aryl methyl sites for hydroxylation is 1. The lowest BCUT2D eigenvalue weighted by Gasteiger charge is -2.21. The Hall–Kier alpha value is -1.98. The predicted octanol–water partition coefficient (Wildman–Crippen LogP) is 2.89. The fourth-order valence-electron chi connectivity index (χ4n) is 4.28. The number of hydrogen-bond acceptors (Lipinski definition) is 4. The SMILES string of the molecule is CN=C(NCCc1nnc2n1CCCCC2)NC1CCN(c2c(F)cccc2F)C1.I.